The molecule has 7 nitrogen and oxygen atoms in total. The fourth-order valence-electron chi connectivity index (χ4n) is 5.27. The summed E-state index contributed by atoms with van der Waals surface area (Å²) in [5.41, 5.74) is 4.31. The number of amides is 1. The molecule has 2 aliphatic rings. The van der Waals surface area contributed by atoms with E-state index in [1.54, 1.807) is 23.3 Å². The zero-order valence-electron chi connectivity index (χ0n) is 23.2. The van der Waals surface area contributed by atoms with Crippen molar-refractivity contribution in [2.45, 2.75) is 59.4 Å². The van der Waals surface area contributed by atoms with Crippen LogP contribution < -0.4 is 19.8 Å². The van der Waals surface area contributed by atoms with Crippen molar-refractivity contribution in [1.82, 2.24) is 4.57 Å². The number of ether oxygens (including phenoxy) is 1. The van der Waals surface area contributed by atoms with Crippen LogP contribution >= 0.6 is 11.3 Å². The molecule has 3 aromatic rings. The van der Waals surface area contributed by atoms with E-state index in [2.05, 4.69) is 25.8 Å². The van der Waals surface area contributed by atoms with Crippen LogP contribution in [0.25, 0.3) is 5.57 Å². The Hall–Kier alpha value is -3.78. The van der Waals surface area contributed by atoms with Crippen LogP contribution in [0.15, 0.2) is 69.6 Å². The molecule has 8 heteroatoms. The van der Waals surface area contributed by atoms with Crippen LogP contribution in [0.3, 0.4) is 0 Å². The molecule has 0 radical (unpaired) electrons. The van der Waals surface area contributed by atoms with Crippen molar-refractivity contribution in [3.63, 3.8) is 0 Å². The SMILES string of the molecule is CCCN1C(=O)C(=c2sc3n(c2=O)[C@@H](c2ccc(C(C)(C)C)cc2)C(C(=O)OCC)=C(C)N=3)c2ccccc21. The Morgan fingerprint density at radius 2 is 1.74 bits per heavy atom. The van der Waals surface area contributed by atoms with Gasteiger partial charge in [-0.2, -0.15) is 0 Å². The van der Waals surface area contributed by atoms with Crippen LogP contribution in [0.5, 0.6) is 0 Å². The number of aromatic nitrogens is 1. The van der Waals surface area contributed by atoms with Crippen LogP contribution in [0.2, 0.25) is 0 Å². The number of carbonyl (C=O) groups is 2. The summed E-state index contributed by atoms with van der Waals surface area (Å²) < 4.78 is 7.30. The predicted octanol–water partition coefficient (Wildman–Crippen LogP) is 4.22. The van der Waals surface area contributed by atoms with Gasteiger partial charge in [0.05, 0.1) is 35.2 Å². The second-order valence-electron chi connectivity index (χ2n) is 10.8. The highest BCUT2D eigenvalue weighted by Crippen LogP contribution is 2.36. The molecule has 0 saturated heterocycles. The molecule has 0 bridgehead atoms. The molecule has 5 rings (SSSR count). The van der Waals surface area contributed by atoms with Crippen molar-refractivity contribution in [3.8, 4) is 0 Å². The van der Waals surface area contributed by atoms with Gasteiger partial charge in [0.25, 0.3) is 11.5 Å². The number of benzene rings is 2. The molecule has 0 spiro atoms. The van der Waals surface area contributed by atoms with Gasteiger partial charge in [-0.25, -0.2) is 9.79 Å². The van der Waals surface area contributed by atoms with Crippen molar-refractivity contribution in [3.05, 3.63) is 96.2 Å². The van der Waals surface area contributed by atoms with Gasteiger partial charge in [-0.1, -0.05) is 81.5 Å². The first-order valence-electron chi connectivity index (χ1n) is 13.3. The summed E-state index contributed by atoms with van der Waals surface area (Å²) in [6.07, 6.45) is 0.793. The normalized spacial score (nSPS) is 18.2. The van der Waals surface area contributed by atoms with Crippen LogP contribution in [0.4, 0.5) is 5.69 Å². The minimum absolute atomic E-state index is 0.0507. The Bertz CT molecular complexity index is 1690. The highest BCUT2D eigenvalue weighted by molar-refractivity contribution is 7.07. The lowest BCUT2D eigenvalue weighted by Gasteiger charge is -2.26. The molecular formula is C31H33N3O4S. The topological polar surface area (TPSA) is 81.0 Å². The molecule has 0 saturated carbocycles. The van der Waals surface area contributed by atoms with E-state index in [1.165, 1.54) is 11.3 Å². The molecule has 0 fully saturated rings. The van der Waals surface area contributed by atoms with Gasteiger partial charge < -0.3 is 9.64 Å². The second-order valence-corrected chi connectivity index (χ2v) is 11.8. The molecule has 1 amide bonds. The molecule has 2 aromatic carbocycles. The number of thiazole rings is 1. The molecule has 0 N–H and O–H groups in total. The standard InChI is InChI=1S/C31H33N3O4S/c1-7-17-33-22-12-10-9-11-21(22)24(27(33)35)26-28(36)34-25(19-13-15-20(16-14-19)31(4,5)6)23(29(37)38-8-2)18(3)32-30(34)39-26/h9-16,25H,7-8,17H2,1-6H3/t25-/m0/s1. The van der Waals surface area contributed by atoms with Gasteiger partial charge in [-0.05, 0) is 42.9 Å². The number of anilines is 1. The molecule has 39 heavy (non-hydrogen) atoms. The number of rotatable bonds is 5. The summed E-state index contributed by atoms with van der Waals surface area (Å²) in [5, 5.41) is 0. The van der Waals surface area contributed by atoms with Crippen molar-refractivity contribution in [2.24, 2.45) is 4.99 Å². The third-order valence-electron chi connectivity index (χ3n) is 7.18. The van der Waals surface area contributed by atoms with Crippen LogP contribution in [-0.4, -0.2) is 29.6 Å². The zero-order valence-corrected chi connectivity index (χ0v) is 24.0. The van der Waals surface area contributed by atoms with Gasteiger partial charge in [0.2, 0.25) is 0 Å². The fourth-order valence-corrected chi connectivity index (χ4v) is 6.40. The summed E-state index contributed by atoms with van der Waals surface area (Å²) in [6.45, 7) is 12.7. The lowest BCUT2D eigenvalue weighted by atomic mass is 9.85. The summed E-state index contributed by atoms with van der Waals surface area (Å²) in [6, 6.07) is 14.8. The minimum Gasteiger partial charge on any atom is -0.463 e. The fraction of sp³-hybridized carbons (Fsp3) is 0.355. The Labute approximate surface area is 231 Å². The minimum atomic E-state index is -0.720. The monoisotopic (exact) mass is 543 g/mol. The van der Waals surface area contributed by atoms with E-state index in [4.69, 9.17) is 4.74 Å². The number of esters is 1. The predicted molar refractivity (Wildman–Crippen MR) is 154 cm³/mol. The van der Waals surface area contributed by atoms with Crippen molar-refractivity contribution in [2.75, 3.05) is 18.1 Å². The molecule has 1 atom stereocenters. The maximum absolute atomic E-state index is 14.2. The molecule has 202 valence electrons. The van der Waals surface area contributed by atoms with E-state index in [-0.39, 0.29) is 23.5 Å². The number of carbonyl (C=O) groups excluding carboxylic acids is 2. The Morgan fingerprint density at radius 3 is 2.38 bits per heavy atom. The van der Waals surface area contributed by atoms with Crippen LogP contribution in [-0.2, 0) is 19.7 Å². The highest BCUT2D eigenvalue weighted by Gasteiger charge is 2.37. The molecule has 0 aliphatic carbocycles. The van der Waals surface area contributed by atoms with E-state index in [0.717, 1.165) is 28.8 Å². The third kappa shape index (κ3) is 4.46. The van der Waals surface area contributed by atoms with Crippen molar-refractivity contribution >= 4 is 34.5 Å². The Kier molecular flexibility index (Phi) is 6.93. The molecule has 3 heterocycles. The number of hydrogen-bond acceptors (Lipinski definition) is 6. The summed E-state index contributed by atoms with van der Waals surface area (Å²) in [5.74, 6) is -0.686. The summed E-state index contributed by atoms with van der Waals surface area (Å²) in [7, 11) is 0. The Morgan fingerprint density at radius 1 is 1.05 bits per heavy atom. The summed E-state index contributed by atoms with van der Waals surface area (Å²) in [4.78, 5) is 47.9. The maximum Gasteiger partial charge on any atom is 0.338 e. The van der Waals surface area contributed by atoms with Gasteiger partial charge in [-0.15, -0.1) is 0 Å². The lowest BCUT2D eigenvalue weighted by molar-refractivity contribution is -0.139. The average molecular weight is 544 g/mol. The number of nitrogens with zero attached hydrogens (tertiary/aromatic N) is 3. The van der Waals surface area contributed by atoms with Gasteiger partial charge in [0, 0.05) is 12.1 Å². The van der Waals surface area contributed by atoms with Gasteiger partial charge in [0.1, 0.15) is 4.53 Å². The van der Waals surface area contributed by atoms with E-state index >= 15 is 0 Å². The molecular weight excluding hydrogens is 510 g/mol. The third-order valence-corrected chi connectivity index (χ3v) is 8.24. The second kappa shape index (κ2) is 10.1. The van der Waals surface area contributed by atoms with Crippen molar-refractivity contribution < 1.29 is 14.3 Å². The lowest BCUT2D eigenvalue weighted by Crippen LogP contribution is -2.41. The zero-order chi connectivity index (χ0) is 28.1. The first-order chi connectivity index (χ1) is 18.6. The number of allylic oxidation sites excluding steroid dienone is 1. The first kappa shape index (κ1) is 26.8. The number of hydrogen-bond donors (Lipinski definition) is 0. The smallest absolute Gasteiger partial charge is 0.338 e. The van der Waals surface area contributed by atoms with Gasteiger partial charge in [-0.3, -0.25) is 14.2 Å². The van der Waals surface area contributed by atoms with Gasteiger partial charge >= 0.3 is 5.97 Å². The molecule has 2 aliphatic heterocycles. The number of fused-ring (bicyclic) bond motifs is 2. The molecule has 1 aromatic heterocycles. The average Bonchev–Trinajstić information content (AvgIpc) is 3.36. The molecule has 0 unspecified atom stereocenters. The maximum atomic E-state index is 14.2. The van der Waals surface area contributed by atoms with Crippen molar-refractivity contribution in [1.29, 1.82) is 0 Å². The van der Waals surface area contributed by atoms with Crippen LogP contribution in [0, 0.1) is 0 Å². The Balaban J connectivity index is 1.78. The number of para-hydroxylation sites is 1. The van der Waals surface area contributed by atoms with Gasteiger partial charge in [0.15, 0.2) is 4.80 Å². The largest absolute Gasteiger partial charge is 0.463 e. The van der Waals surface area contributed by atoms with E-state index < -0.39 is 12.0 Å². The quantitative estimate of drug-likeness (QED) is 0.452. The summed E-state index contributed by atoms with van der Waals surface area (Å²) >= 11 is 1.20. The highest BCUT2D eigenvalue weighted by atomic mass is 32.1. The van der Waals surface area contributed by atoms with E-state index in [1.807, 2.05) is 55.5 Å². The van der Waals surface area contributed by atoms with E-state index in [9.17, 15) is 14.4 Å². The first-order valence-corrected chi connectivity index (χ1v) is 14.1. The van der Waals surface area contributed by atoms with E-state index in [0.29, 0.717) is 32.7 Å². The van der Waals surface area contributed by atoms with Crippen LogP contribution in [0.1, 0.15) is 70.7 Å².